The van der Waals surface area contributed by atoms with Gasteiger partial charge in [-0.1, -0.05) is 39.7 Å². The molecular weight excluding hydrogens is 514 g/mol. The highest BCUT2D eigenvalue weighted by atomic mass is 79.9. The van der Waals surface area contributed by atoms with Crippen LogP contribution in [-0.2, 0) is 9.53 Å². The predicted octanol–water partition coefficient (Wildman–Crippen LogP) is 5.39. The lowest BCUT2D eigenvalue weighted by Gasteiger charge is -2.09. The number of aliphatic imine (C=N–C) groups is 1. The van der Waals surface area contributed by atoms with E-state index in [9.17, 15) is 9.59 Å². The molecule has 3 aromatic rings. The molecule has 0 saturated carbocycles. The largest absolute Gasteiger partial charge is 0.454 e. The minimum absolute atomic E-state index is 0.0448. The number of hydrogen-bond donors (Lipinski definition) is 0. The molecule has 0 unspecified atom stereocenters. The molecule has 0 radical (unpaired) electrons. The summed E-state index contributed by atoms with van der Waals surface area (Å²) >= 11 is 9.58. The molecule has 5 rings (SSSR count). The number of carbonyl (C=O) groups excluding carboxylic acids is 2. The predicted molar refractivity (Wildman–Crippen MR) is 124 cm³/mol. The Labute approximate surface area is 201 Å². The number of nitrogens with zero attached hydrogens (tertiary/aromatic N) is 1. The maximum Gasteiger partial charge on any atom is 0.363 e. The number of fused-ring (bicyclic) bond motifs is 1. The van der Waals surface area contributed by atoms with Crippen LogP contribution in [0.3, 0.4) is 0 Å². The van der Waals surface area contributed by atoms with E-state index in [1.54, 1.807) is 60.7 Å². The third-order valence-electron chi connectivity index (χ3n) is 4.80. The zero-order valence-corrected chi connectivity index (χ0v) is 19.1. The van der Waals surface area contributed by atoms with Crippen LogP contribution in [0.1, 0.15) is 21.5 Å². The van der Waals surface area contributed by atoms with Gasteiger partial charge in [-0.05, 0) is 54.6 Å². The van der Waals surface area contributed by atoms with E-state index in [-0.39, 0.29) is 24.1 Å². The molecule has 0 bridgehead atoms. The molecule has 164 valence electrons. The molecule has 0 atom stereocenters. The van der Waals surface area contributed by atoms with Gasteiger partial charge < -0.3 is 18.9 Å². The first-order chi connectivity index (χ1) is 16.0. The average molecular weight is 527 g/mol. The normalized spacial score (nSPS) is 15.4. The second-order valence-electron chi connectivity index (χ2n) is 6.96. The molecule has 0 saturated heterocycles. The van der Waals surface area contributed by atoms with Gasteiger partial charge in [0.1, 0.15) is 5.75 Å². The second kappa shape index (κ2) is 8.73. The average Bonchev–Trinajstić information content (AvgIpc) is 3.42. The third kappa shape index (κ3) is 4.35. The van der Waals surface area contributed by atoms with Crippen LogP contribution in [0, 0.1) is 0 Å². The summed E-state index contributed by atoms with van der Waals surface area (Å²) in [7, 11) is 0. The van der Waals surface area contributed by atoms with Gasteiger partial charge in [-0.15, -0.1) is 0 Å². The van der Waals surface area contributed by atoms with Gasteiger partial charge in [0.25, 0.3) is 0 Å². The number of benzene rings is 3. The second-order valence-corrected chi connectivity index (χ2v) is 8.28. The molecule has 2 aliphatic rings. The van der Waals surface area contributed by atoms with Crippen molar-refractivity contribution in [2.24, 2.45) is 4.99 Å². The van der Waals surface area contributed by atoms with Crippen molar-refractivity contribution in [1.29, 1.82) is 0 Å². The summed E-state index contributed by atoms with van der Waals surface area (Å²) in [4.78, 5) is 29.4. The lowest BCUT2D eigenvalue weighted by atomic mass is 10.1. The molecule has 0 aliphatic carbocycles. The molecule has 0 aromatic heterocycles. The first-order valence-electron chi connectivity index (χ1n) is 9.67. The van der Waals surface area contributed by atoms with Crippen molar-refractivity contribution in [3.8, 4) is 17.2 Å². The minimum atomic E-state index is -0.641. The summed E-state index contributed by atoms with van der Waals surface area (Å²) in [5.41, 5.74) is 1.29. The van der Waals surface area contributed by atoms with Crippen molar-refractivity contribution in [1.82, 2.24) is 0 Å². The number of halogens is 2. The van der Waals surface area contributed by atoms with Gasteiger partial charge in [-0.25, -0.2) is 14.6 Å². The Kier molecular flexibility index (Phi) is 5.62. The molecule has 0 amide bonds. The summed E-state index contributed by atoms with van der Waals surface area (Å²) in [5, 5.41) is 0.408. The number of rotatable bonds is 4. The molecule has 2 aliphatic heterocycles. The Bertz CT molecular complexity index is 1370. The number of hydrogen-bond acceptors (Lipinski definition) is 7. The van der Waals surface area contributed by atoms with Crippen LogP contribution in [0.2, 0.25) is 5.02 Å². The SMILES string of the molecule is O=C1OC(c2ccccc2Cl)=N/C1=C\c1cc(Br)ccc1OC(=O)c1ccc2c(c1)OCO2. The van der Waals surface area contributed by atoms with Crippen molar-refractivity contribution in [3.05, 3.63) is 92.5 Å². The Morgan fingerprint density at radius 3 is 2.73 bits per heavy atom. The summed E-state index contributed by atoms with van der Waals surface area (Å²) in [6, 6.07) is 16.7. The van der Waals surface area contributed by atoms with Crippen molar-refractivity contribution in [3.63, 3.8) is 0 Å². The van der Waals surface area contributed by atoms with Crippen LogP contribution < -0.4 is 14.2 Å². The molecule has 2 heterocycles. The van der Waals surface area contributed by atoms with E-state index in [1.807, 2.05) is 0 Å². The van der Waals surface area contributed by atoms with Crippen LogP contribution >= 0.6 is 27.5 Å². The molecular formula is C24H13BrClNO6. The highest BCUT2D eigenvalue weighted by Crippen LogP contribution is 2.34. The maximum absolute atomic E-state index is 12.7. The van der Waals surface area contributed by atoms with Crippen molar-refractivity contribution >= 4 is 51.4 Å². The molecule has 7 nitrogen and oxygen atoms in total. The van der Waals surface area contributed by atoms with Gasteiger partial charge in [0.2, 0.25) is 12.7 Å². The fraction of sp³-hybridized carbons (Fsp3) is 0.0417. The lowest BCUT2D eigenvalue weighted by molar-refractivity contribution is -0.129. The third-order valence-corrected chi connectivity index (χ3v) is 5.62. The zero-order chi connectivity index (χ0) is 22.9. The molecule has 3 aromatic carbocycles. The van der Waals surface area contributed by atoms with E-state index in [4.69, 9.17) is 30.5 Å². The summed E-state index contributed by atoms with van der Waals surface area (Å²) in [6.45, 7) is 0.102. The monoisotopic (exact) mass is 525 g/mol. The molecule has 0 N–H and O–H groups in total. The molecule has 0 spiro atoms. The zero-order valence-electron chi connectivity index (χ0n) is 16.7. The molecule has 9 heteroatoms. The van der Waals surface area contributed by atoms with Gasteiger partial charge in [0, 0.05) is 10.0 Å². The number of cyclic esters (lactones) is 1. The summed E-state index contributed by atoms with van der Waals surface area (Å²) in [6.07, 6.45) is 1.49. The topological polar surface area (TPSA) is 83.4 Å². The van der Waals surface area contributed by atoms with Crippen LogP contribution in [-0.4, -0.2) is 24.6 Å². The smallest absolute Gasteiger partial charge is 0.363 e. The van der Waals surface area contributed by atoms with Crippen molar-refractivity contribution in [2.75, 3.05) is 6.79 Å². The first kappa shape index (κ1) is 21.2. The van der Waals surface area contributed by atoms with Gasteiger partial charge in [0.05, 0.1) is 16.1 Å². The fourth-order valence-corrected chi connectivity index (χ4v) is 3.81. The van der Waals surface area contributed by atoms with Gasteiger partial charge in [-0.3, -0.25) is 0 Å². The van der Waals surface area contributed by atoms with E-state index in [2.05, 4.69) is 20.9 Å². The van der Waals surface area contributed by atoms with Crippen molar-refractivity contribution in [2.45, 2.75) is 0 Å². The van der Waals surface area contributed by atoms with Gasteiger partial charge >= 0.3 is 11.9 Å². The van der Waals surface area contributed by atoms with E-state index >= 15 is 0 Å². The molecule has 0 fully saturated rings. The van der Waals surface area contributed by atoms with Crippen LogP contribution in [0.25, 0.3) is 6.08 Å². The maximum atomic E-state index is 12.7. The molecule has 33 heavy (non-hydrogen) atoms. The fourth-order valence-electron chi connectivity index (χ4n) is 3.21. The quantitative estimate of drug-likeness (QED) is 0.257. The van der Waals surface area contributed by atoms with E-state index in [0.717, 1.165) is 4.47 Å². The highest BCUT2D eigenvalue weighted by Gasteiger charge is 2.26. The first-order valence-corrected chi connectivity index (χ1v) is 10.8. The lowest BCUT2D eigenvalue weighted by Crippen LogP contribution is -2.09. The van der Waals surface area contributed by atoms with Crippen LogP contribution in [0.4, 0.5) is 0 Å². The van der Waals surface area contributed by atoms with E-state index in [0.29, 0.717) is 33.2 Å². The Hall–Kier alpha value is -3.62. The van der Waals surface area contributed by atoms with Gasteiger partial charge in [0.15, 0.2) is 17.2 Å². The Morgan fingerprint density at radius 1 is 1.06 bits per heavy atom. The van der Waals surface area contributed by atoms with Crippen molar-refractivity contribution < 1.29 is 28.5 Å². The Balaban J connectivity index is 1.45. The number of carbonyl (C=O) groups is 2. The van der Waals surface area contributed by atoms with E-state index in [1.165, 1.54) is 6.08 Å². The number of ether oxygens (including phenoxy) is 4. The van der Waals surface area contributed by atoms with Gasteiger partial charge in [-0.2, -0.15) is 0 Å². The summed E-state index contributed by atoms with van der Waals surface area (Å²) in [5.74, 6) is 0.140. The van der Waals surface area contributed by atoms with E-state index < -0.39 is 11.9 Å². The van der Waals surface area contributed by atoms with Crippen LogP contribution in [0.5, 0.6) is 17.2 Å². The highest BCUT2D eigenvalue weighted by molar-refractivity contribution is 9.10. The Morgan fingerprint density at radius 2 is 1.88 bits per heavy atom. The number of esters is 2. The van der Waals surface area contributed by atoms with Crippen LogP contribution in [0.15, 0.2) is 75.8 Å². The summed E-state index contributed by atoms with van der Waals surface area (Å²) < 4.78 is 22.2. The standard InChI is InChI=1S/C24H13BrClNO6/c25-15-6-8-19(32-23(28)13-5-7-20-21(11-13)31-12-30-20)14(9-15)10-18-24(29)33-22(27-18)16-3-1-2-4-17(16)26/h1-11H,12H2/b18-10-. The minimum Gasteiger partial charge on any atom is -0.454 e.